The van der Waals surface area contributed by atoms with Gasteiger partial charge in [-0.05, 0) is 121 Å². The third-order valence-corrected chi connectivity index (χ3v) is 11.1. The third-order valence-electron chi connectivity index (χ3n) is 11.1. The number of hydrogen-bond acceptors (Lipinski definition) is 2. The average Bonchev–Trinajstić information content (AvgIpc) is 3.15. The van der Waals surface area contributed by atoms with Gasteiger partial charge in [-0.15, -0.1) is 0 Å². The molecule has 0 radical (unpaired) electrons. The van der Waals surface area contributed by atoms with E-state index in [9.17, 15) is 23.3 Å². The first-order valence-corrected chi connectivity index (χ1v) is 18.1. The lowest BCUT2D eigenvalue weighted by atomic mass is 9.33. The van der Waals surface area contributed by atoms with Crippen LogP contribution in [0.3, 0.4) is 0 Å². The van der Waals surface area contributed by atoms with Gasteiger partial charge in [0.25, 0.3) is 6.71 Å². The van der Waals surface area contributed by atoms with E-state index in [1.165, 1.54) is 9.80 Å². The molecule has 0 unspecified atom stereocenters. The molecular weight excluding hydrogens is 663 g/mol. The van der Waals surface area contributed by atoms with E-state index in [2.05, 4.69) is 0 Å². The van der Waals surface area contributed by atoms with Crippen molar-refractivity contribution in [2.75, 3.05) is 9.80 Å². The van der Waals surface area contributed by atoms with Crippen LogP contribution in [0.2, 0.25) is 0 Å². The summed E-state index contributed by atoms with van der Waals surface area (Å²) in [6.07, 6.45) is 0. The monoisotopic (exact) mass is 731 g/mol. The predicted molar refractivity (Wildman–Crippen MR) is 233 cm³/mol. The van der Waals surface area contributed by atoms with Gasteiger partial charge >= 0.3 is 0 Å². The summed E-state index contributed by atoms with van der Waals surface area (Å²) in [5.74, 6) is 0. The van der Waals surface area contributed by atoms with E-state index in [1.807, 2.05) is 0 Å². The molecule has 11 rings (SSSR count). The van der Waals surface area contributed by atoms with E-state index in [-0.39, 0.29) is 74.1 Å². The molecule has 0 bridgehead atoms. The highest BCUT2D eigenvalue weighted by Crippen LogP contribution is 2.63. The quantitative estimate of drug-likeness (QED) is 0.155. The maximum absolute atomic E-state index is 10.2. The molecule has 7 aromatic rings. The Balaban J connectivity index is 1.46. The second-order valence-corrected chi connectivity index (χ2v) is 16.5. The van der Waals surface area contributed by atoms with Crippen molar-refractivity contribution < 1.29 is 30.2 Å². The molecule has 55 heavy (non-hydrogen) atoms. The molecule has 266 valence electrons. The van der Waals surface area contributed by atoms with Gasteiger partial charge in [-0.25, -0.2) is 0 Å². The van der Waals surface area contributed by atoms with E-state index in [1.54, 1.807) is 60.6 Å². The van der Waals surface area contributed by atoms with E-state index in [4.69, 9.17) is 6.85 Å². The van der Waals surface area contributed by atoms with Crippen LogP contribution in [-0.4, -0.2) is 6.71 Å². The summed E-state index contributed by atoms with van der Waals surface area (Å²) in [4.78, 5) is 2.74. The lowest BCUT2D eigenvalue weighted by molar-refractivity contribution is 0.590. The number of benzene rings is 7. The number of para-hydroxylation sites is 2. The van der Waals surface area contributed by atoms with Gasteiger partial charge in [-0.1, -0.05) is 150 Å². The number of aryl methyl sites for hydroxylation is 1. The highest BCUT2D eigenvalue weighted by Gasteiger charge is 2.55. The molecule has 0 amide bonds. The van der Waals surface area contributed by atoms with Crippen LogP contribution in [-0.2, 0) is 16.2 Å². The Morgan fingerprint density at radius 3 is 1.78 bits per heavy atom. The number of rotatable bonds is 1. The third kappa shape index (κ3) is 4.22. The molecule has 0 saturated heterocycles. The zero-order chi connectivity index (χ0) is 56.7. The minimum Gasteiger partial charge on any atom is -0.311 e. The first-order chi connectivity index (χ1) is 35.6. The Hall–Kier alpha value is -5.80. The summed E-state index contributed by atoms with van der Waals surface area (Å²) in [5, 5.41) is 0. The fourth-order valence-corrected chi connectivity index (χ4v) is 8.73. The molecule has 4 aliphatic rings. The fourth-order valence-electron chi connectivity index (χ4n) is 8.73. The zero-order valence-electron chi connectivity index (χ0n) is 53.1. The van der Waals surface area contributed by atoms with Crippen LogP contribution in [0.5, 0.6) is 0 Å². The SMILES string of the molecule is [2H]c1c([2H])c([2H])c2c(c1[2H])-c1c([2H])c([2H])c([2H])c([2H])c1C21c2c([2H])c([2H])c([2H])c([2H])c2N2c3cc(C)cc4c3B(c3c([2H])c([2H])c(C(C)(C)C)c([2H])c3N4c3c([2H])c([2H])c([2H])c(C(C)(C)C)c3[2H])c3c([2H])c([2H])c([2H])c1c32. The fraction of sp³-hybridized carbons (Fsp3) is 0.192. The van der Waals surface area contributed by atoms with E-state index in [0.717, 1.165) is 0 Å². The smallest absolute Gasteiger partial charge is 0.252 e. The molecular formula is C52H45BN2. The molecule has 7 aromatic carbocycles. The van der Waals surface area contributed by atoms with Crippen LogP contribution in [0.25, 0.3) is 11.1 Å². The van der Waals surface area contributed by atoms with Gasteiger partial charge in [-0.3, -0.25) is 0 Å². The van der Waals surface area contributed by atoms with Crippen LogP contribution in [0.4, 0.5) is 34.1 Å². The molecule has 3 heteroatoms. The normalized spacial score (nSPS) is 20.8. The largest absolute Gasteiger partial charge is 0.311 e. The molecule has 1 aliphatic carbocycles. The standard InChI is InChI=1S/C52H45BN2/c1-32-28-46-48-47(29-32)55-44-25-13-12-22-40(44)52(38-20-10-8-18-36(38)37-19-9-11-21-39(37)52)41-23-15-24-43(49(41)55)53(48)42-27-26-34(51(5,6)7)31-45(42)54(46)35-17-14-16-33(30-35)50(2,3)4/h8-31H,1-7H3/i8D,9D,10D,11D,12D,13D,14D,15D,16D,17D,18D,19D,20D,21D,22D,23D,24D,25D,26D,27D,30D,31D. The van der Waals surface area contributed by atoms with Crippen molar-refractivity contribution in [3.8, 4) is 11.1 Å². The van der Waals surface area contributed by atoms with Crippen LogP contribution >= 0.6 is 0 Å². The molecule has 3 heterocycles. The molecule has 3 aliphatic heterocycles. The average molecular weight is 731 g/mol. The molecule has 0 atom stereocenters. The minimum atomic E-state index is -2.73. The number of anilines is 6. The molecule has 0 aromatic heterocycles. The summed E-state index contributed by atoms with van der Waals surface area (Å²) < 4.78 is 211. The summed E-state index contributed by atoms with van der Waals surface area (Å²) in [6, 6.07) is -12.0. The maximum atomic E-state index is 10.2. The van der Waals surface area contributed by atoms with E-state index < -0.39 is 177 Å². The Labute approximate surface area is 357 Å². The van der Waals surface area contributed by atoms with Crippen molar-refractivity contribution in [3.05, 3.63) is 184 Å². The molecule has 0 N–H and O–H groups in total. The summed E-state index contributed by atoms with van der Waals surface area (Å²) in [7, 11) is 0. The Bertz CT molecular complexity index is 3960. The minimum absolute atomic E-state index is 0.0464. The van der Waals surface area contributed by atoms with Gasteiger partial charge in [0, 0.05) is 28.4 Å². The van der Waals surface area contributed by atoms with Crippen molar-refractivity contribution in [3.63, 3.8) is 0 Å². The second kappa shape index (κ2) is 10.9. The van der Waals surface area contributed by atoms with Crippen LogP contribution in [0.15, 0.2) is 145 Å². The van der Waals surface area contributed by atoms with Crippen molar-refractivity contribution in [2.24, 2.45) is 0 Å². The molecule has 0 saturated carbocycles. The van der Waals surface area contributed by atoms with Gasteiger partial charge in [-0.2, -0.15) is 0 Å². The van der Waals surface area contributed by atoms with Crippen molar-refractivity contribution in [1.82, 2.24) is 0 Å². The highest BCUT2D eigenvalue weighted by molar-refractivity contribution is 7.00. The van der Waals surface area contributed by atoms with Crippen molar-refractivity contribution in [2.45, 2.75) is 64.7 Å². The van der Waals surface area contributed by atoms with Crippen LogP contribution in [0, 0.1) is 6.92 Å². The van der Waals surface area contributed by atoms with Crippen LogP contribution in [0.1, 0.15) is 111 Å². The van der Waals surface area contributed by atoms with Crippen molar-refractivity contribution in [1.29, 1.82) is 0 Å². The van der Waals surface area contributed by atoms with Crippen LogP contribution < -0.4 is 26.2 Å². The van der Waals surface area contributed by atoms with E-state index >= 15 is 0 Å². The first kappa shape index (κ1) is 17.3. The first-order valence-electron chi connectivity index (χ1n) is 29.1. The topological polar surface area (TPSA) is 6.48 Å². The lowest BCUT2D eigenvalue weighted by Crippen LogP contribution is -2.62. The summed E-state index contributed by atoms with van der Waals surface area (Å²) in [5.41, 5.74) is -8.28. The Morgan fingerprint density at radius 2 is 1.09 bits per heavy atom. The predicted octanol–water partition coefficient (Wildman–Crippen LogP) is 11.3. The zero-order valence-corrected chi connectivity index (χ0v) is 31.1. The lowest BCUT2D eigenvalue weighted by Gasteiger charge is -2.51. The number of nitrogens with zero attached hydrogens (tertiary/aromatic N) is 2. The second-order valence-electron chi connectivity index (χ2n) is 16.5. The Kier molecular flexibility index (Phi) is 3.44. The summed E-state index contributed by atoms with van der Waals surface area (Å²) in [6.45, 7) is 10.6. The van der Waals surface area contributed by atoms with Gasteiger partial charge in [0.1, 0.15) is 0 Å². The van der Waals surface area contributed by atoms with Crippen molar-refractivity contribution >= 4 is 57.2 Å². The van der Waals surface area contributed by atoms with Gasteiger partial charge in [0.2, 0.25) is 0 Å². The highest BCUT2D eigenvalue weighted by atomic mass is 15.2. The molecule has 0 fully saturated rings. The Morgan fingerprint density at radius 1 is 0.509 bits per heavy atom. The maximum Gasteiger partial charge on any atom is 0.252 e. The van der Waals surface area contributed by atoms with Gasteiger partial charge < -0.3 is 9.80 Å². The molecule has 2 nitrogen and oxygen atoms in total. The summed E-state index contributed by atoms with van der Waals surface area (Å²) >= 11 is 0. The number of fused-ring (bicyclic) bond motifs is 13. The van der Waals surface area contributed by atoms with Gasteiger partial charge in [0.15, 0.2) is 0 Å². The number of hydrogen-bond donors (Lipinski definition) is 0. The van der Waals surface area contributed by atoms with Gasteiger partial charge in [0.05, 0.1) is 41.3 Å². The van der Waals surface area contributed by atoms with E-state index in [0.29, 0.717) is 5.56 Å². The molecule has 1 spiro atoms.